The normalized spacial score (nSPS) is 21.2. The van der Waals surface area contributed by atoms with Crippen LogP contribution >= 0.6 is 0 Å². The van der Waals surface area contributed by atoms with Gasteiger partial charge >= 0.3 is 5.97 Å². The molecule has 0 saturated heterocycles. The Kier molecular flexibility index (Phi) is 3.78. The number of halogens is 1. The maximum Gasteiger partial charge on any atom is 0.337 e. The first-order valence-corrected chi connectivity index (χ1v) is 6.58. The van der Waals surface area contributed by atoms with Crippen molar-refractivity contribution in [3.63, 3.8) is 0 Å². The number of carbonyl (C=O) groups excluding carboxylic acids is 1. The lowest BCUT2D eigenvalue weighted by Gasteiger charge is -2.29. The van der Waals surface area contributed by atoms with Gasteiger partial charge in [-0.05, 0) is 36.5 Å². The van der Waals surface area contributed by atoms with E-state index in [0.717, 1.165) is 19.3 Å². The van der Waals surface area contributed by atoms with Crippen LogP contribution < -0.4 is 5.32 Å². The van der Waals surface area contributed by atoms with Crippen LogP contribution in [-0.4, -0.2) is 19.1 Å². The highest BCUT2D eigenvalue weighted by Gasteiger charge is 2.34. The second-order valence-electron chi connectivity index (χ2n) is 5.76. The van der Waals surface area contributed by atoms with Crippen molar-refractivity contribution in [1.29, 1.82) is 0 Å². The number of rotatable bonds is 3. The van der Waals surface area contributed by atoms with Gasteiger partial charge in [0.2, 0.25) is 0 Å². The molecule has 1 aliphatic carbocycles. The first-order chi connectivity index (χ1) is 8.94. The van der Waals surface area contributed by atoms with E-state index in [9.17, 15) is 9.18 Å². The van der Waals surface area contributed by atoms with Gasteiger partial charge in [-0.1, -0.05) is 20.3 Å². The fourth-order valence-electron chi connectivity index (χ4n) is 2.66. The molecule has 0 heterocycles. The molecule has 1 saturated carbocycles. The van der Waals surface area contributed by atoms with E-state index in [1.165, 1.54) is 25.3 Å². The molecule has 1 fully saturated rings. The minimum atomic E-state index is -0.450. The molecule has 2 rings (SSSR count). The molecule has 19 heavy (non-hydrogen) atoms. The van der Waals surface area contributed by atoms with E-state index >= 15 is 0 Å². The van der Waals surface area contributed by atoms with Gasteiger partial charge in [-0.15, -0.1) is 0 Å². The first-order valence-electron chi connectivity index (χ1n) is 6.58. The highest BCUT2D eigenvalue weighted by atomic mass is 19.1. The Hall–Kier alpha value is -1.58. The van der Waals surface area contributed by atoms with E-state index in [2.05, 4.69) is 23.9 Å². The van der Waals surface area contributed by atoms with Crippen LogP contribution in [0.15, 0.2) is 18.2 Å². The Morgan fingerprint density at radius 2 is 2.21 bits per heavy atom. The molecular weight excluding hydrogens is 245 g/mol. The fourth-order valence-corrected chi connectivity index (χ4v) is 2.66. The highest BCUT2D eigenvalue weighted by Crippen LogP contribution is 2.39. The maximum atomic E-state index is 13.8. The van der Waals surface area contributed by atoms with Crippen LogP contribution in [0.1, 0.15) is 43.5 Å². The average Bonchev–Trinajstić information content (AvgIpc) is 2.70. The van der Waals surface area contributed by atoms with Crippen LogP contribution in [-0.2, 0) is 4.74 Å². The highest BCUT2D eigenvalue weighted by molar-refractivity contribution is 5.90. The van der Waals surface area contributed by atoms with Crippen molar-refractivity contribution < 1.29 is 13.9 Å². The lowest BCUT2D eigenvalue weighted by molar-refractivity contribution is 0.0600. The molecule has 3 nitrogen and oxygen atoms in total. The van der Waals surface area contributed by atoms with Crippen molar-refractivity contribution in [2.45, 2.75) is 39.2 Å². The van der Waals surface area contributed by atoms with Gasteiger partial charge in [0.1, 0.15) is 5.82 Å². The molecule has 104 valence electrons. The standard InChI is InChI=1S/C15H20FNO2/c1-15(2)8-4-5-13(15)17-12-9-10(14(18)19-3)6-7-11(12)16/h6-7,9,13,17H,4-5,8H2,1-3H3. The Morgan fingerprint density at radius 1 is 1.47 bits per heavy atom. The van der Waals surface area contributed by atoms with Crippen molar-refractivity contribution in [2.24, 2.45) is 5.41 Å². The van der Waals surface area contributed by atoms with Crippen molar-refractivity contribution in [3.05, 3.63) is 29.6 Å². The van der Waals surface area contributed by atoms with E-state index in [-0.39, 0.29) is 17.3 Å². The van der Waals surface area contributed by atoms with Gasteiger partial charge in [0.15, 0.2) is 0 Å². The quantitative estimate of drug-likeness (QED) is 0.849. The molecular formula is C15H20FNO2. The number of methoxy groups -OCH3 is 1. The third-order valence-corrected chi connectivity index (χ3v) is 3.97. The third-order valence-electron chi connectivity index (χ3n) is 3.97. The molecule has 4 heteroatoms. The zero-order valence-corrected chi connectivity index (χ0v) is 11.6. The molecule has 0 aromatic heterocycles. The number of benzene rings is 1. The number of nitrogens with one attached hydrogen (secondary N) is 1. The predicted octanol–water partition coefficient (Wildman–Crippen LogP) is 3.60. The molecule has 1 N–H and O–H groups in total. The number of hydrogen-bond donors (Lipinski definition) is 1. The van der Waals surface area contributed by atoms with E-state index in [0.29, 0.717) is 11.3 Å². The van der Waals surface area contributed by atoms with Crippen LogP contribution in [0.25, 0.3) is 0 Å². The summed E-state index contributed by atoms with van der Waals surface area (Å²) in [4.78, 5) is 11.5. The van der Waals surface area contributed by atoms with Gasteiger partial charge in [0, 0.05) is 6.04 Å². The molecule has 1 unspecified atom stereocenters. The second kappa shape index (κ2) is 5.19. The third kappa shape index (κ3) is 2.88. The predicted molar refractivity (Wildman–Crippen MR) is 72.8 cm³/mol. The second-order valence-corrected chi connectivity index (χ2v) is 5.76. The summed E-state index contributed by atoms with van der Waals surface area (Å²) in [5.74, 6) is -0.788. The van der Waals surface area contributed by atoms with Crippen molar-refractivity contribution in [2.75, 3.05) is 12.4 Å². The van der Waals surface area contributed by atoms with Gasteiger partial charge in [-0.2, -0.15) is 0 Å². The van der Waals surface area contributed by atoms with Gasteiger partial charge in [-0.25, -0.2) is 9.18 Å². The Bertz CT molecular complexity index is 485. The smallest absolute Gasteiger partial charge is 0.337 e. The molecule has 1 aromatic carbocycles. The minimum absolute atomic E-state index is 0.147. The number of ether oxygens (including phenoxy) is 1. The number of hydrogen-bond acceptors (Lipinski definition) is 3. The van der Waals surface area contributed by atoms with Gasteiger partial charge in [0.25, 0.3) is 0 Å². The van der Waals surface area contributed by atoms with Gasteiger partial charge in [-0.3, -0.25) is 0 Å². The van der Waals surface area contributed by atoms with Crippen LogP contribution in [0.3, 0.4) is 0 Å². The summed E-state index contributed by atoms with van der Waals surface area (Å²) in [5.41, 5.74) is 0.887. The Morgan fingerprint density at radius 3 is 2.79 bits per heavy atom. The van der Waals surface area contributed by atoms with Crippen molar-refractivity contribution in [3.8, 4) is 0 Å². The van der Waals surface area contributed by atoms with Crippen LogP contribution in [0.2, 0.25) is 0 Å². The zero-order chi connectivity index (χ0) is 14.0. The SMILES string of the molecule is COC(=O)c1ccc(F)c(NC2CCCC2(C)C)c1. The fraction of sp³-hybridized carbons (Fsp3) is 0.533. The van der Waals surface area contributed by atoms with Crippen molar-refractivity contribution in [1.82, 2.24) is 0 Å². The first kappa shape index (κ1) is 13.8. The van der Waals surface area contributed by atoms with Crippen LogP contribution in [0.5, 0.6) is 0 Å². The maximum absolute atomic E-state index is 13.8. The number of carbonyl (C=O) groups is 1. The summed E-state index contributed by atoms with van der Waals surface area (Å²) in [5, 5.41) is 3.24. The van der Waals surface area contributed by atoms with E-state index in [1.807, 2.05) is 0 Å². The number of esters is 1. The van der Waals surface area contributed by atoms with Crippen molar-refractivity contribution >= 4 is 11.7 Å². The molecule has 1 atom stereocenters. The summed E-state index contributed by atoms with van der Waals surface area (Å²) in [7, 11) is 1.32. The Labute approximate surface area is 113 Å². The summed E-state index contributed by atoms with van der Waals surface area (Å²) in [6, 6.07) is 4.49. The lowest BCUT2D eigenvalue weighted by Crippen LogP contribution is -2.31. The molecule has 1 aromatic rings. The molecule has 0 radical (unpaired) electrons. The molecule has 0 amide bonds. The molecule has 0 bridgehead atoms. The van der Waals surface area contributed by atoms with Crippen LogP contribution in [0, 0.1) is 11.2 Å². The largest absolute Gasteiger partial charge is 0.465 e. The lowest BCUT2D eigenvalue weighted by atomic mass is 9.87. The van der Waals surface area contributed by atoms with E-state index in [1.54, 1.807) is 0 Å². The summed E-state index contributed by atoms with van der Waals surface area (Å²) >= 11 is 0. The zero-order valence-electron chi connectivity index (χ0n) is 11.6. The topological polar surface area (TPSA) is 38.3 Å². The molecule has 0 spiro atoms. The molecule has 0 aliphatic heterocycles. The summed E-state index contributed by atoms with van der Waals surface area (Å²) < 4.78 is 18.5. The molecule has 1 aliphatic rings. The monoisotopic (exact) mass is 265 g/mol. The average molecular weight is 265 g/mol. The minimum Gasteiger partial charge on any atom is -0.465 e. The van der Waals surface area contributed by atoms with E-state index in [4.69, 9.17) is 0 Å². The summed E-state index contributed by atoms with van der Waals surface area (Å²) in [6.45, 7) is 4.36. The van der Waals surface area contributed by atoms with Crippen LogP contribution in [0.4, 0.5) is 10.1 Å². The van der Waals surface area contributed by atoms with Gasteiger partial charge < -0.3 is 10.1 Å². The number of anilines is 1. The summed E-state index contributed by atoms with van der Waals surface area (Å²) in [6.07, 6.45) is 3.29. The Balaban J connectivity index is 2.22. The van der Waals surface area contributed by atoms with Gasteiger partial charge in [0.05, 0.1) is 18.4 Å². The van der Waals surface area contributed by atoms with E-state index < -0.39 is 5.97 Å².